The summed E-state index contributed by atoms with van der Waals surface area (Å²) in [5.41, 5.74) is -0.141. The van der Waals surface area contributed by atoms with Gasteiger partial charge in [-0.05, 0) is 19.1 Å². The van der Waals surface area contributed by atoms with Gasteiger partial charge in [-0.15, -0.1) is 0 Å². The number of likely N-dealkylation sites (tertiary alicyclic amines) is 1. The van der Waals surface area contributed by atoms with Gasteiger partial charge in [0.1, 0.15) is 11.8 Å². The first-order chi connectivity index (χ1) is 12.3. The molecule has 1 amide bonds. The van der Waals surface area contributed by atoms with Crippen LogP contribution in [0.25, 0.3) is 0 Å². The highest BCUT2D eigenvalue weighted by molar-refractivity contribution is 5.92. The van der Waals surface area contributed by atoms with Crippen molar-refractivity contribution in [2.24, 2.45) is 0 Å². The van der Waals surface area contributed by atoms with E-state index in [2.05, 4.69) is 15.0 Å². The number of carbonyl (C=O) groups is 1. The number of piperidine rings is 1. The van der Waals surface area contributed by atoms with E-state index in [9.17, 15) is 18.0 Å². The summed E-state index contributed by atoms with van der Waals surface area (Å²) in [7, 11) is 0. The molecule has 2 aromatic rings. The minimum atomic E-state index is -4.69. The monoisotopic (exact) mass is 366 g/mol. The Hall–Kier alpha value is -2.71. The fraction of sp³-hybridized carbons (Fsp3) is 0.412. The first kappa shape index (κ1) is 18.1. The second-order valence-corrected chi connectivity index (χ2v) is 5.99. The Labute approximate surface area is 148 Å². The van der Waals surface area contributed by atoms with Crippen LogP contribution in [-0.2, 0) is 6.18 Å². The number of ether oxygens (including phenoxy) is 1. The molecule has 0 N–H and O–H groups in total. The second kappa shape index (κ2) is 7.27. The topological polar surface area (TPSA) is 68.2 Å². The van der Waals surface area contributed by atoms with Gasteiger partial charge in [-0.3, -0.25) is 4.79 Å². The number of halogens is 3. The lowest BCUT2D eigenvalue weighted by Gasteiger charge is -2.31. The number of hydrogen-bond donors (Lipinski definition) is 0. The molecule has 2 aromatic heterocycles. The van der Waals surface area contributed by atoms with E-state index in [0.717, 1.165) is 0 Å². The third kappa shape index (κ3) is 4.27. The summed E-state index contributed by atoms with van der Waals surface area (Å²) < 4.78 is 44.3. The van der Waals surface area contributed by atoms with E-state index < -0.39 is 17.9 Å². The Morgan fingerprint density at radius 3 is 2.58 bits per heavy atom. The first-order valence-electron chi connectivity index (χ1n) is 8.13. The van der Waals surface area contributed by atoms with Gasteiger partial charge < -0.3 is 9.64 Å². The van der Waals surface area contributed by atoms with E-state index >= 15 is 0 Å². The molecule has 138 valence electrons. The number of alkyl halides is 3. The standard InChI is InChI=1S/C17H17F3N4O2/c1-11-10-13(23-16(22-11)17(18,19)20)15(25)24-8-5-12(6-9-24)26-14-4-2-3-7-21-14/h2-4,7,10,12H,5-6,8-9H2,1H3. The average molecular weight is 366 g/mol. The maximum Gasteiger partial charge on any atom is 0.451 e. The second-order valence-electron chi connectivity index (χ2n) is 5.99. The third-order valence-electron chi connectivity index (χ3n) is 3.98. The fourth-order valence-corrected chi connectivity index (χ4v) is 2.73. The minimum absolute atomic E-state index is 0.0909. The Balaban J connectivity index is 1.64. The van der Waals surface area contributed by atoms with Gasteiger partial charge in [0.2, 0.25) is 11.7 Å². The van der Waals surface area contributed by atoms with Crippen molar-refractivity contribution in [1.29, 1.82) is 0 Å². The number of carbonyl (C=O) groups excluding carboxylic acids is 1. The number of aryl methyl sites for hydroxylation is 1. The van der Waals surface area contributed by atoms with E-state index in [1.54, 1.807) is 18.3 Å². The molecule has 1 saturated heterocycles. The molecule has 3 heterocycles. The number of pyridine rings is 1. The lowest BCUT2D eigenvalue weighted by Crippen LogP contribution is -2.42. The van der Waals surface area contributed by atoms with Gasteiger partial charge in [0, 0.05) is 43.9 Å². The van der Waals surface area contributed by atoms with Gasteiger partial charge in [0.25, 0.3) is 5.91 Å². The molecular weight excluding hydrogens is 349 g/mol. The van der Waals surface area contributed by atoms with Gasteiger partial charge in [0.05, 0.1) is 0 Å². The molecule has 9 heteroatoms. The van der Waals surface area contributed by atoms with Crippen molar-refractivity contribution in [3.8, 4) is 5.88 Å². The molecule has 0 radical (unpaired) electrons. The van der Waals surface area contributed by atoms with E-state index in [-0.39, 0.29) is 17.5 Å². The number of amides is 1. The zero-order valence-corrected chi connectivity index (χ0v) is 14.0. The smallest absolute Gasteiger partial charge is 0.451 e. The number of rotatable bonds is 3. The predicted molar refractivity (Wildman–Crippen MR) is 85.6 cm³/mol. The molecular formula is C17H17F3N4O2. The van der Waals surface area contributed by atoms with Crippen LogP contribution in [0.3, 0.4) is 0 Å². The number of hydrogen-bond acceptors (Lipinski definition) is 5. The molecule has 0 spiro atoms. The lowest BCUT2D eigenvalue weighted by molar-refractivity contribution is -0.145. The lowest BCUT2D eigenvalue weighted by atomic mass is 10.1. The first-order valence-corrected chi connectivity index (χ1v) is 8.13. The molecule has 3 rings (SSSR count). The van der Waals surface area contributed by atoms with E-state index in [0.29, 0.717) is 31.8 Å². The van der Waals surface area contributed by atoms with Crippen molar-refractivity contribution in [2.45, 2.75) is 32.0 Å². The zero-order chi connectivity index (χ0) is 18.7. The van der Waals surface area contributed by atoms with Gasteiger partial charge >= 0.3 is 6.18 Å². The van der Waals surface area contributed by atoms with Crippen LogP contribution >= 0.6 is 0 Å². The van der Waals surface area contributed by atoms with Gasteiger partial charge in [-0.1, -0.05) is 6.07 Å². The summed E-state index contributed by atoms with van der Waals surface area (Å²) in [6, 6.07) is 6.62. The molecule has 1 aliphatic rings. The molecule has 26 heavy (non-hydrogen) atoms. The summed E-state index contributed by atoms with van der Waals surface area (Å²) in [4.78, 5) is 24.8. The van der Waals surface area contributed by atoms with Crippen molar-refractivity contribution < 1.29 is 22.7 Å². The van der Waals surface area contributed by atoms with Crippen LogP contribution in [-0.4, -0.2) is 45.0 Å². The quantitative estimate of drug-likeness (QED) is 0.836. The van der Waals surface area contributed by atoms with Crippen LogP contribution in [0.4, 0.5) is 13.2 Å². The van der Waals surface area contributed by atoms with Crippen molar-refractivity contribution in [2.75, 3.05) is 13.1 Å². The SMILES string of the molecule is Cc1cc(C(=O)N2CCC(Oc3ccccn3)CC2)nc(C(F)(F)F)n1. The Morgan fingerprint density at radius 2 is 1.96 bits per heavy atom. The summed E-state index contributed by atoms with van der Waals surface area (Å²) in [5, 5.41) is 0. The molecule has 0 unspecified atom stereocenters. The summed E-state index contributed by atoms with van der Waals surface area (Å²) >= 11 is 0. The average Bonchev–Trinajstić information content (AvgIpc) is 2.61. The van der Waals surface area contributed by atoms with Crippen LogP contribution in [0.2, 0.25) is 0 Å². The molecule has 0 atom stereocenters. The van der Waals surface area contributed by atoms with Crippen molar-refractivity contribution in [1.82, 2.24) is 19.9 Å². The summed E-state index contributed by atoms with van der Waals surface area (Å²) in [5.74, 6) is -1.31. The molecule has 0 aromatic carbocycles. The maximum absolute atomic E-state index is 12.8. The molecule has 6 nitrogen and oxygen atoms in total. The van der Waals surface area contributed by atoms with E-state index in [1.807, 2.05) is 6.07 Å². The molecule has 1 fully saturated rings. The maximum atomic E-state index is 12.8. The van der Waals surface area contributed by atoms with Gasteiger partial charge in [-0.2, -0.15) is 13.2 Å². The van der Waals surface area contributed by atoms with E-state index in [1.165, 1.54) is 17.9 Å². The Morgan fingerprint density at radius 1 is 1.23 bits per heavy atom. The van der Waals surface area contributed by atoms with Crippen LogP contribution in [0.5, 0.6) is 5.88 Å². The largest absolute Gasteiger partial charge is 0.474 e. The summed E-state index contributed by atoms with van der Waals surface area (Å²) in [6.45, 7) is 2.15. The normalized spacial score (nSPS) is 15.8. The summed E-state index contributed by atoms with van der Waals surface area (Å²) in [6.07, 6.45) is -2.02. The molecule has 0 bridgehead atoms. The van der Waals surface area contributed by atoms with Crippen LogP contribution in [0, 0.1) is 6.92 Å². The molecule has 0 aliphatic carbocycles. The molecule has 1 aliphatic heterocycles. The third-order valence-corrected chi connectivity index (χ3v) is 3.98. The minimum Gasteiger partial charge on any atom is -0.474 e. The van der Waals surface area contributed by atoms with Crippen LogP contribution in [0.1, 0.15) is 34.8 Å². The predicted octanol–water partition coefficient (Wildman–Crippen LogP) is 2.88. The van der Waals surface area contributed by atoms with Crippen LogP contribution < -0.4 is 4.74 Å². The van der Waals surface area contributed by atoms with Crippen molar-refractivity contribution in [3.63, 3.8) is 0 Å². The fourth-order valence-electron chi connectivity index (χ4n) is 2.73. The number of nitrogens with zero attached hydrogens (tertiary/aromatic N) is 4. The van der Waals surface area contributed by atoms with Gasteiger partial charge in [-0.25, -0.2) is 15.0 Å². The Kier molecular flexibility index (Phi) is 5.06. The van der Waals surface area contributed by atoms with E-state index in [4.69, 9.17) is 4.74 Å². The highest BCUT2D eigenvalue weighted by atomic mass is 19.4. The Bertz CT molecular complexity index is 775. The highest BCUT2D eigenvalue weighted by Gasteiger charge is 2.36. The highest BCUT2D eigenvalue weighted by Crippen LogP contribution is 2.27. The van der Waals surface area contributed by atoms with Crippen LogP contribution in [0.15, 0.2) is 30.5 Å². The van der Waals surface area contributed by atoms with Crippen molar-refractivity contribution in [3.05, 3.63) is 47.7 Å². The van der Waals surface area contributed by atoms with Crippen molar-refractivity contribution >= 4 is 5.91 Å². The molecule has 0 saturated carbocycles. The number of aromatic nitrogens is 3. The van der Waals surface area contributed by atoms with Gasteiger partial charge in [0.15, 0.2) is 0 Å². The zero-order valence-electron chi connectivity index (χ0n) is 14.0.